The van der Waals surface area contributed by atoms with Gasteiger partial charge in [0.1, 0.15) is 18.1 Å². The van der Waals surface area contributed by atoms with E-state index in [-0.39, 0.29) is 17.4 Å². The summed E-state index contributed by atoms with van der Waals surface area (Å²) < 4.78 is 5.53. The van der Waals surface area contributed by atoms with Crippen LogP contribution in [0.25, 0.3) is 0 Å². The van der Waals surface area contributed by atoms with Crippen molar-refractivity contribution in [1.29, 1.82) is 0 Å². The number of fused-ring (bicyclic) bond motifs is 1. The number of aromatic nitrogens is 2. The van der Waals surface area contributed by atoms with E-state index in [9.17, 15) is 9.59 Å². The summed E-state index contributed by atoms with van der Waals surface area (Å²) >= 11 is 0. The summed E-state index contributed by atoms with van der Waals surface area (Å²) in [5.74, 6) is 0.270. The smallest absolute Gasteiger partial charge is 0.278 e. The van der Waals surface area contributed by atoms with Crippen LogP contribution in [0.5, 0.6) is 5.75 Å². The van der Waals surface area contributed by atoms with Gasteiger partial charge in [0.05, 0.1) is 18.4 Å². The Morgan fingerprint density at radius 3 is 2.86 bits per heavy atom. The molecule has 6 heteroatoms. The van der Waals surface area contributed by atoms with Crippen molar-refractivity contribution in [2.45, 2.75) is 6.92 Å². The number of carbonyl (C=O) groups is 2. The third-order valence-electron chi connectivity index (χ3n) is 3.26. The first-order valence-electron chi connectivity index (χ1n) is 6.52. The van der Waals surface area contributed by atoms with Gasteiger partial charge in [-0.3, -0.25) is 14.6 Å². The Morgan fingerprint density at radius 2 is 2.14 bits per heavy atom. The largest absolute Gasteiger partial charge is 0.490 e. The summed E-state index contributed by atoms with van der Waals surface area (Å²) in [6.07, 6.45) is 4.41. The Hall–Kier alpha value is -2.76. The lowest BCUT2D eigenvalue weighted by Crippen LogP contribution is -2.38. The van der Waals surface area contributed by atoms with E-state index in [2.05, 4.69) is 9.97 Å². The highest BCUT2D eigenvalue weighted by Crippen LogP contribution is 2.33. The molecule has 21 heavy (non-hydrogen) atoms. The topological polar surface area (TPSA) is 72.4 Å². The lowest BCUT2D eigenvalue weighted by Gasteiger charge is -2.29. The molecule has 1 aromatic heterocycles. The number of amides is 1. The molecule has 0 saturated carbocycles. The Bertz CT molecular complexity index is 701. The minimum Gasteiger partial charge on any atom is -0.490 e. The van der Waals surface area contributed by atoms with Crippen LogP contribution in [0.4, 0.5) is 5.69 Å². The fraction of sp³-hybridized carbons (Fsp3) is 0.200. The second kappa shape index (κ2) is 5.32. The van der Waals surface area contributed by atoms with Gasteiger partial charge in [-0.2, -0.15) is 0 Å². The Balaban J connectivity index is 2.01. The van der Waals surface area contributed by atoms with Crippen LogP contribution in [0.1, 0.15) is 27.8 Å². The minimum absolute atomic E-state index is 0.0599. The van der Waals surface area contributed by atoms with Gasteiger partial charge in [-0.15, -0.1) is 0 Å². The monoisotopic (exact) mass is 283 g/mol. The molecule has 1 aromatic carbocycles. The lowest BCUT2D eigenvalue weighted by molar-refractivity contribution is 0.0968. The fourth-order valence-corrected chi connectivity index (χ4v) is 2.20. The van der Waals surface area contributed by atoms with E-state index in [1.54, 1.807) is 23.1 Å². The molecule has 6 nitrogen and oxygen atoms in total. The summed E-state index contributed by atoms with van der Waals surface area (Å²) in [6, 6.07) is 5.07. The first-order chi connectivity index (χ1) is 10.2. The van der Waals surface area contributed by atoms with Crippen molar-refractivity contribution in [3.8, 4) is 5.75 Å². The number of anilines is 1. The van der Waals surface area contributed by atoms with E-state index in [1.807, 2.05) is 0 Å². The van der Waals surface area contributed by atoms with Gasteiger partial charge in [0.15, 0.2) is 5.78 Å². The third kappa shape index (κ3) is 2.47. The molecule has 0 saturated heterocycles. The molecule has 1 aliphatic rings. The molecule has 0 spiro atoms. The van der Waals surface area contributed by atoms with E-state index < -0.39 is 0 Å². The minimum atomic E-state index is -0.256. The van der Waals surface area contributed by atoms with Gasteiger partial charge in [0.2, 0.25) is 0 Å². The lowest BCUT2D eigenvalue weighted by atomic mass is 10.1. The van der Waals surface area contributed by atoms with Crippen LogP contribution < -0.4 is 9.64 Å². The SMILES string of the molecule is CC(=O)c1ccc2c(c1)N(C(=O)c1cnccn1)CCO2. The Kier molecular flexibility index (Phi) is 3.35. The number of nitrogens with zero attached hydrogens (tertiary/aromatic N) is 3. The molecule has 1 amide bonds. The second-order valence-corrected chi connectivity index (χ2v) is 4.63. The number of ether oxygens (including phenoxy) is 1. The summed E-state index contributed by atoms with van der Waals surface area (Å²) in [4.78, 5) is 33.5. The molecule has 106 valence electrons. The summed E-state index contributed by atoms with van der Waals surface area (Å²) in [5.41, 5.74) is 1.39. The van der Waals surface area contributed by atoms with Crippen molar-refractivity contribution in [3.05, 3.63) is 48.0 Å². The molecule has 2 aromatic rings. The molecule has 3 rings (SSSR count). The quantitative estimate of drug-likeness (QED) is 0.785. The number of hydrogen-bond acceptors (Lipinski definition) is 5. The van der Waals surface area contributed by atoms with Crippen LogP contribution >= 0.6 is 0 Å². The number of rotatable bonds is 2. The Morgan fingerprint density at radius 1 is 1.29 bits per heavy atom. The summed E-state index contributed by atoms with van der Waals surface area (Å²) in [5, 5.41) is 0. The predicted octanol–water partition coefficient (Wildman–Crippen LogP) is 1.72. The van der Waals surface area contributed by atoms with Gasteiger partial charge >= 0.3 is 0 Å². The average Bonchev–Trinajstić information content (AvgIpc) is 2.54. The zero-order valence-corrected chi connectivity index (χ0v) is 11.4. The first-order valence-corrected chi connectivity index (χ1v) is 6.52. The van der Waals surface area contributed by atoms with E-state index >= 15 is 0 Å². The van der Waals surface area contributed by atoms with Crippen molar-refractivity contribution in [3.63, 3.8) is 0 Å². The van der Waals surface area contributed by atoms with Gasteiger partial charge in [-0.25, -0.2) is 4.98 Å². The molecule has 0 bridgehead atoms. The second-order valence-electron chi connectivity index (χ2n) is 4.63. The molecule has 0 unspecified atom stereocenters. The Labute approximate surface area is 121 Å². The van der Waals surface area contributed by atoms with Crippen molar-refractivity contribution >= 4 is 17.4 Å². The van der Waals surface area contributed by atoms with Gasteiger partial charge < -0.3 is 9.64 Å². The molecular weight excluding hydrogens is 270 g/mol. The highest BCUT2D eigenvalue weighted by Gasteiger charge is 2.26. The van der Waals surface area contributed by atoms with Crippen molar-refractivity contribution < 1.29 is 14.3 Å². The van der Waals surface area contributed by atoms with E-state index in [4.69, 9.17) is 4.74 Å². The summed E-state index contributed by atoms with van der Waals surface area (Å²) in [7, 11) is 0. The van der Waals surface area contributed by atoms with Crippen LogP contribution in [0, 0.1) is 0 Å². The molecule has 0 N–H and O–H groups in total. The van der Waals surface area contributed by atoms with Crippen molar-refractivity contribution in [1.82, 2.24) is 9.97 Å². The molecule has 1 aliphatic heterocycles. The first kappa shape index (κ1) is 13.2. The van der Waals surface area contributed by atoms with E-state index in [0.717, 1.165) is 0 Å². The van der Waals surface area contributed by atoms with E-state index in [0.29, 0.717) is 30.2 Å². The predicted molar refractivity (Wildman–Crippen MR) is 75.7 cm³/mol. The molecule has 0 radical (unpaired) electrons. The van der Waals surface area contributed by atoms with Crippen molar-refractivity contribution in [2.24, 2.45) is 0 Å². The maximum Gasteiger partial charge on any atom is 0.278 e. The maximum atomic E-state index is 12.5. The van der Waals surface area contributed by atoms with E-state index in [1.165, 1.54) is 25.5 Å². The number of carbonyl (C=O) groups excluding carboxylic acids is 2. The van der Waals surface area contributed by atoms with Crippen LogP contribution in [0.15, 0.2) is 36.8 Å². The maximum absolute atomic E-state index is 12.5. The van der Waals surface area contributed by atoms with Crippen LogP contribution in [-0.2, 0) is 0 Å². The van der Waals surface area contributed by atoms with Gasteiger partial charge in [0, 0.05) is 18.0 Å². The number of hydrogen-bond donors (Lipinski definition) is 0. The fourth-order valence-electron chi connectivity index (χ4n) is 2.20. The molecule has 0 aliphatic carbocycles. The number of ketones is 1. The van der Waals surface area contributed by atoms with Crippen molar-refractivity contribution in [2.75, 3.05) is 18.1 Å². The molecule has 0 fully saturated rings. The third-order valence-corrected chi connectivity index (χ3v) is 3.26. The average molecular weight is 283 g/mol. The number of benzene rings is 1. The van der Waals surface area contributed by atoms with Crippen LogP contribution in [-0.4, -0.2) is 34.8 Å². The van der Waals surface area contributed by atoms with Gasteiger partial charge in [-0.05, 0) is 25.1 Å². The molecule has 2 heterocycles. The molecule has 0 atom stereocenters. The molecular formula is C15H13N3O3. The van der Waals surface area contributed by atoms with Gasteiger partial charge in [0.25, 0.3) is 5.91 Å². The zero-order chi connectivity index (χ0) is 14.8. The highest BCUT2D eigenvalue weighted by atomic mass is 16.5. The zero-order valence-electron chi connectivity index (χ0n) is 11.4. The standard InChI is InChI=1S/C15H13N3O3/c1-10(19)11-2-3-14-13(8-11)18(6-7-21-14)15(20)12-9-16-4-5-17-12/h2-5,8-9H,6-7H2,1H3. The number of Topliss-reactive ketones (excluding diaryl/α,β-unsaturated/α-hetero) is 1. The highest BCUT2D eigenvalue weighted by molar-refractivity contribution is 6.06. The summed E-state index contributed by atoms with van der Waals surface area (Å²) in [6.45, 7) is 2.29. The van der Waals surface area contributed by atoms with Crippen LogP contribution in [0.2, 0.25) is 0 Å². The van der Waals surface area contributed by atoms with Crippen LogP contribution in [0.3, 0.4) is 0 Å². The van der Waals surface area contributed by atoms with Gasteiger partial charge in [-0.1, -0.05) is 0 Å². The normalized spacial score (nSPS) is 13.3.